The highest BCUT2D eigenvalue weighted by Crippen LogP contribution is 2.31. The Morgan fingerprint density at radius 2 is 1.83 bits per heavy atom. The number of aryl methyl sites for hydroxylation is 3. The maximum absolute atomic E-state index is 13.6. The van der Waals surface area contributed by atoms with Gasteiger partial charge in [-0.25, -0.2) is 0 Å². The van der Waals surface area contributed by atoms with Crippen LogP contribution in [0.15, 0.2) is 47.3 Å². The Kier molecular flexibility index (Phi) is 4.06. The van der Waals surface area contributed by atoms with Gasteiger partial charge in [0.25, 0.3) is 5.56 Å². The van der Waals surface area contributed by atoms with Gasteiger partial charge in [-0.05, 0) is 61.4 Å². The molecule has 5 nitrogen and oxygen atoms in total. The van der Waals surface area contributed by atoms with Gasteiger partial charge in [0.05, 0.1) is 36.7 Å². The van der Waals surface area contributed by atoms with Crippen LogP contribution in [-0.4, -0.2) is 27.1 Å². The predicted molar refractivity (Wildman–Crippen MR) is 118 cm³/mol. The monoisotopic (exact) mass is 399 g/mol. The second kappa shape index (κ2) is 6.81. The Balaban J connectivity index is 1.62. The van der Waals surface area contributed by atoms with Crippen LogP contribution in [0, 0.1) is 6.92 Å². The summed E-state index contributed by atoms with van der Waals surface area (Å²) in [6.45, 7) is 4.04. The molecule has 2 aliphatic rings. The van der Waals surface area contributed by atoms with Crippen LogP contribution in [0.5, 0.6) is 0 Å². The van der Waals surface area contributed by atoms with Crippen LogP contribution in [0.2, 0.25) is 0 Å². The third kappa shape index (κ3) is 2.88. The van der Waals surface area contributed by atoms with E-state index < -0.39 is 0 Å². The van der Waals surface area contributed by atoms with E-state index in [1.807, 2.05) is 34.4 Å². The minimum atomic E-state index is 0.0561. The molecule has 1 fully saturated rings. The summed E-state index contributed by atoms with van der Waals surface area (Å²) in [7, 11) is 0. The summed E-state index contributed by atoms with van der Waals surface area (Å²) in [4.78, 5) is 13.6. The van der Waals surface area contributed by atoms with Crippen LogP contribution in [0.25, 0.3) is 21.8 Å². The van der Waals surface area contributed by atoms with Gasteiger partial charge in [0.2, 0.25) is 0 Å². The van der Waals surface area contributed by atoms with Crippen molar-refractivity contribution >= 4 is 21.8 Å². The Bertz CT molecular complexity index is 1330. The first-order chi connectivity index (χ1) is 14.7. The normalized spacial score (nSPS) is 18.1. The average Bonchev–Trinajstić information content (AvgIpc) is 3.53. The number of hydrogen-bond acceptors (Lipinski definition) is 3. The molecular formula is C25H25N3O2. The van der Waals surface area contributed by atoms with Gasteiger partial charge in [0.15, 0.2) is 0 Å². The molecule has 0 radical (unpaired) electrons. The quantitative estimate of drug-likeness (QED) is 0.488. The molecule has 0 N–H and O–H groups in total. The molecule has 3 heterocycles. The first-order valence-corrected chi connectivity index (χ1v) is 10.9. The molecule has 0 bridgehead atoms. The van der Waals surface area contributed by atoms with Crippen LogP contribution < -0.4 is 5.56 Å². The third-order valence-electron chi connectivity index (χ3n) is 6.64. The van der Waals surface area contributed by atoms with Crippen molar-refractivity contribution in [1.82, 2.24) is 14.3 Å². The molecule has 4 aromatic rings. The van der Waals surface area contributed by atoms with E-state index in [9.17, 15) is 4.79 Å². The zero-order chi connectivity index (χ0) is 20.2. The van der Waals surface area contributed by atoms with Crippen LogP contribution in [0.3, 0.4) is 0 Å². The minimum Gasteiger partial charge on any atom is -0.371 e. The molecule has 1 saturated heterocycles. The van der Waals surface area contributed by atoms with Crippen molar-refractivity contribution in [3.63, 3.8) is 0 Å². The summed E-state index contributed by atoms with van der Waals surface area (Å²) < 4.78 is 9.40. The average molecular weight is 399 g/mol. The smallest absolute Gasteiger partial charge is 0.262 e. The van der Waals surface area contributed by atoms with Crippen molar-refractivity contribution in [2.24, 2.45) is 0 Å². The van der Waals surface area contributed by atoms with Gasteiger partial charge in [0, 0.05) is 11.1 Å². The Morgan fingerprint density at radius 3 is 2.57 bits per heavy atom. The summed E-state index contributed by atoms with van der Waals surface area (Å²) in [6, 6.07) is 14.8. The molecule has 5 heteroatoms. The van der Waals surface area contributed by atoms with Gasteiger partial charge in [-0.15, -0.1) is 0 Å². The van der Waals surface area contributed by atoms with Gasteiger partial charge in [-0.1, -0.05) is 30.3 Å². The summed E-state index contributed by atoms with van der Waals surface area (Å²) in [5.74, 6) is 0. The third-order valence-corrected chi connectivity index (χ3v) is 6.64. The molecular weight excluding hydrogens is 374 g/mol. The molecule has 1 atom stereocenters. The fourth-order valence-electron chi connectivity index (χ4n) is 4.89. The summed E-state index contributed by atoms with van der Waals surface area (Å²) in [6.07, 6.45) is 4.82. The summed E-state index contributed by atoms with van der Waals surface area (Å²) in [5.41, 5.74) is 6.82. The lowest BCUT2D eigenvalue weighted by Gasteiger charge is -2.18. The zero-order valence-corrected chi connectivity index (χ0v) is 17.2. The maximum Gasteiger partial charge on any atom is 0.262 e. The highest BCUT2D eigenvalue weighted by molar-refractivity contribution is 6.04. The summed E-state index contributed by atoms with van der Waals surface area (Å²) in [5, 5.41) is 6.80. The van der Waals surface area contributed by atoms with Crippen molar-refractivity contribution in [3.05, 3.63) is 75.2 Å². The van der Waals surface area contributed by atoms with Crippen molar-refractivity contribution in [3.8, 4) is 0 Å². The number of nitrogens with zero attached hydrogens (tertiary/aromatic N) is 3. The second-order valence-electron chi connectivity index (χ2n) is 8.67. The zero-order valence-electron chi connectivity index (χ0n) is 17.2. The molecule has 2 aromatic carbocycles. The number of hydrogen-bond donors (Lipinski definition) is 0. The second-order valence-corrected chi connectivity index (χ2v) is 8.67. The molecule has 0 spiro atoms. The number of aromatic nitrogens is 3. The number of epoxide rings is 1. The Morgan fingerprint density at radius 1 is 1.10 bits per heavy atom. The van der Waals surface area contributed by atoms with E-state index >= 15 is 0 Å². The Labute approximate surface area is 174 Å². The van der Waals surface area contributed by atoms with Gasteiger partial charge in [-0.2, -0.15) is 5.10 Å². The van der Waals surface area contributed by atoms with E-state index in [1.165, 1.54) is 29.5 Å². The van der Waals surface area contributed by atoms with Gasteiger partial charge >= 0.3 is 0 Å². The molecule has 30 heavy (non-hydrogen) atoms. The molecule has 1 aliphatic carbocycles. The highest BCUT2D eigenvalue weighted by atomic mass is 16.6. The highest BCUT2D eigenvalue weighted by Gasteiger charge is 2.27. The molecule has 6 rings (SSSR count). The first-order valence-electron chi connectivity index (χ1n) is 10.9. The lowest BCUT2D eigenvalue weighted by atomic mass is 9.90. The molecule has 1 aliphatic heterocycles. The van der Waals surface area contributed by atoms with E-state index in [4.69, 9.17) is 9.84 Å². The van der Waals surface area contributed by atoms with E-state index in [1.54, 1.807) is 0 Å². The van der Waals surface area contributed by atoms with Crippen LogP contribution in [0.4, 0.5) is 0 Å². The molecule has 1 unspecified atom stereocenters. The van der Waals surface area contributed by atoms with E-state index in [-0.39, 0.29) is 11.7 Å². The van der Waals surface area contributed by atoms with Crippen LogP contribution >= 0.6 is 0 Å². The molecule has 0 amide bonds. The maximum atomic E-state index is 13.6. The Hall–Kier alpha value is -2.92. The standard InChI is InChI=1S/C25H25N3O2/c1-16-23-24(26-28(16)13-17-7-3-2-4-8-17)21-11-18-9-5-6-10-19(18)12-22(21)27(25(23)29)14-20-15-30-20/h2-4,7-8,11-12,20H,5-6,9-10,13-15H2,1H3. The molecule has 2 aromatic heterocycles. The predicted octanol–water partition coefficient (Wildman–Crippen LogP) is 3.99. The van der Waals surface area contributed by atoms with Gasteiger partial charge in [0.1, 0.15) is 5.52 Å². The number of ether oxygens (including phenoxy) is 1. The number of fused-ring (bicyclic) bond motifs is 4. The fraction of sp³-hybridized carbons (Fsp3) is 0.360. The largest absolute Gasteiger partial charge is 0.371 e. The molecule has 152 valence electrons. The van der Waals surface area contributed by atoms with Gasteiger partial charge in [-0.3, -0.25) is 9.48 Å². The van der Waals surface area contributed by atoms with E-state index in [0.717, 1.165) is 46.9 Å². The van der Waals surface area contributed by atoms with Crippen molar-refractivity contribution < 1.29 is 4.74 Å². The minimum absolute atomic E-state index is 0.0561. The fourth-order valence-corrected chi connectivity index (χ4v) is 4.89. The molecule has 0 saturated carbocycles. The van der Waals surface area contributed by atoms with Crippen LogP contribution in [0.1, 0.15) is 35.2 Å². The van der Waals surface area contributed by atoms with Crippen molar-refractivity contribution in [2.45, 2.75) is 51.8 Å². The van der Waals surface area contributed by atoms with Gasteiger partial charge < -0.3 is 9.30 Å². The number of benzene rings is 2. The van der Waals surface area contributed by atoms with E-state index in [0.29, 0.717) is 13.1 Å². The lowest BCUT2D eigenvalue weighted by Crippen LogP contribution is -2.24. The SMILES string of the molecule is Cc1c2c(=O)n(CC3CO3)c3cc4c(cc3c2nn1Cc1ccccc1)CCCC4. The van der Waals surface area contributed by atoms with Crippen molar-refractivity contribution in [2.75, 3.05) is 6.61 Å². The van der Waals surface area contributed by atoms with Crippen molar-refractivity contribution in [1.29, 1.82) is 0 Å². The number of pyridine rings is 1. The number of rotatable bonds is 4. The van der Waals surface area contributed by atoms with E-state index in [2.05, 4.69) is 24.3 Å². The summed E-state index contributed by atoms with van der Waals surface area (Å²) >= 11 is 0. The topological polar surface area (TPSA) is 52.4 Å². The first kappa shape index (κ1) is 17.9. The lowest BCUT2D eigenvalue weighted by molar-refractivity contribution is 0.383. The van der Waals surface area contributed by atoms with Crippen LogP contribution in [-0.2, 0) is 30.7 Å².